The number of rotatable bonds is 8. The topological polar surface area (TPSA) is 76.7 Å². The normalized spacial score (nSPS) is 15.3. The zero-order valence-corrected chi connectivity index (χ0v) is 18.7. The molecule has 0 spiro atoms. The predicted octanol–water partition coefficient (Wildman–Crippen LogP) is 4.80. The van der Waals surface area contributed by atoms with Gasteiger partial charge in [-0.1, -0.05) is 24.3 Å². The molecule has 1 unspecified atom stereocenters. The van der Waals surface area contributed by atoms with E-state index < -0.39 is 0 Å². The molecule has 166 valence electrons. The highest BCUT2D eigenvalue weighted by Gasteiger charge is 2.18. The number of hydrogen-bond donors (Lipinski definition) is 2. The van der Waals surface area contributed by atoms with Crippen LogP contribution in [0.15, 0.2) is 60.0 Å². The van der Waals surface area contributed by atoms with Crippen molar-refractivity contribution >= 4 is 28.8 Å². The van der Waals surface area contributed by atoms with Gasteiger partial charge in [0.05, 0.1) is 16.7 Å². The first-order valence-corrected chi connectivity index (χ1v) is 11.5. The fourth-order valence-electron chi connectivity index (χ4n) is 3.46. The quantitative estimate of drug-likeness (QED) is 0.517. The van der Waals surface area contributed by atoms with E-state index in [0.29, 0.717) is 35.0 Å². The second-order valence-corrected chi connectivity index (χ2v) is 8.70. The average molecular weight is 451 g/mol. The van der Waals surface area contributed by atoms with Crippen LogP contribution in [-0.4, -0.2) is 31.1 Å². The van der Waals surface area contributed by atoms with Gasteiger partial charge in [0.2, 0.25) is 0 Å². The number of hydrogen-bond acceptors (Lipinski definition) is 5. The Morgan fingerprint density at radius 1 is 1.12 bits per heavy atom. The summed E-state index contributed by atoms with van der Waals surface area (Å²) in [5.74, 6) is 0.323. The first-order chi connectivity index (χ1) is 15.6. The fraction of sp³-hybridized carbons (Fsp3) is 0.280. The number of nitrogens with one attached hydrogen (secondary N) is 2. The highest BCUT2D eigenvalue weighted by molar-refractivity contribution is 7.12. The smallest absolute Gasteiger partial charge is 0.261 e. The maximum Gasteiger partial charge on any atom is 0.261 e. The molecule has 2 N–H and O–H groups in total. The molecule has 6 nitrogen and oxygen atoms in total. The number of carbonyl (C=O) groups excluding carboxylic acids is 2. The summed E-state index contributed by atoms with van der Waals surface area (Å²) in [6.45, 7) is 3.63. The molecule has 1 aliphatic rings. The Morgan fingerprint density at radius 3 is 2.69 bits per heavy atom. The van der Waals surface area contributed by atoms with Gasteiger partial charge in [-0.2, -0.15) is 0 Å². The molecule has 0 aliphatic carbocycles. The van der Waals surface area contributed by atoms with E-state index in [2.05, 4.69) is 10.6 Å². The largest absolute Gasteiger partial charge is 0.489 e. The van der Waals surface area contributed by atoms with Gasteiger partial charge in [-0.3, -0.25) is 9.59 Å². The van der Waals surface area contributed by atoms with Crippen molar-refractivity contribution in [2.24, 2.45) is 0 Å². The number of amides is 2. The molecule has 0 radical (unpaired) electrons. The molecule has 3 aromatic rings. The van der Waals surface area contributed by atoms with Gasteiger partial charge in [0.1, 0.15) is 12.4 Å². The van der Waals surface area contributed by atoms with Crippen molar-refractivity contribution in [3.63, 3.8) is 0 Å². The van der Waals surface area contributed by atoms with Crippen molar-refractivity contribution in [1.29, 1.82) is 0 Å². The average Bonchev–Trinajstić information content (AvgIpc) is 3.52. The van der Waals surface area contributed by atoms with Crippen LogP contribution in [0.3, 0.4) is 0 Å². The molecule has 7 heteroatoms. The zero-order valence-electron chi connectivity index (χ0n) is 17.9. The lowest BCUT2D eigenvalue weighted by atomic mass is 10.1. The lowest BCUT2D eigenvalue weighted by Gasteiger charge is -2.16. The van der Waals surface area contributed by atoms with Crippen LogP contribution >= 0.6 is 11.3 Å². The Kier molecular flexibility index (Phi) is 7.19. The van der Waals surface area contributed by atoms with Gasteiger partial charge in [0, 0.05) is 18.7 Å². The van der Waals surface area contributed by atoms with E-state index >= 15 is 0 Å². The van der Waals surface area contributed by atoms with Gasteiger partial charge in [-0.15, -0.1) is 11.3 Å². The van der Waals surface area contributed by atoms with Crippen molar-refractivity contribution in [3.8, 4) is 5.75 Å². The molecule has 32 heavy (non-hydrogen) atoms. The zero-order chi connectivity index (χ0) is 22.3. The summed E-state index contributed by atoms with van der Waals surface area (Å²) in [5, 5.41) is 7.70. The summed E-state index contributed by atoms with van der Waals surface area (Å²) in [6.07, 6.45) is 2.15. The second kappa shape index (κ2) is 10.4. The number of thiophene rings is 1. The molecule has 2 amide bonds. The third-order valence-electron chi connectivity index (χ3n) is 5.25. The molecule has 4 rings (SSSR count). The van der Waals surface area contributed by atoms with Crippen LogP contribution in [0.25, 0.3) is 0 Å². The van der Waals surface area contributed by atoms with Gasteiger partial charge >= 0.3 is 0 Å². The Bertz CT molecular complexity index is 1060. The minimum absolute atomic E-state index is 0.100. The molecule has 1 aliphatic heterocycles. The highest BCUT2D eigenvalue weighted by Crippen LogP contribution is 2.27. The van der Waals surface area contributed by atoms with Crippen LogP contribution in [0.2, 0.25) is 0 Å². The summed E-state index contributed by atoms with van der Waals surface area (Å²) >= 11 is 1.40. The van der Waals surface area contributed by atoms with Gasteiger partial charge < -0.3 is 20.1 Å². The number of anilines is 1. The van der Waals surface area contributed by atoms with Crippen LogP contribution in [0.4, 0.5) is 5.69 Å². The standard InChI is InChI=1S/C25H26N2O4S/c1-17-6-11-21(22(14-17)31-16-20-4-2-12-30-20)27-24(28)19-9-7-18(8-10-19)15-26-25(29)23-5-3-13-32-23/h3,5-11,13-14,20H,2,4,12,15-16H2,1H3,(H,26,29)(H,27,28). The minimum Gasteiger partial charge on any atom is -0.489 e. The lowest BCUT2D eigenvalue weighted by Crippen LogP contribution is -2.21. The number of benzene rings is 2. The maximum atomic E-state index is 12.8. The van der Waals surface area contributed by atoms with Gasteiger partial charge in [0.15, 0.2) is 0 Å². The van der Waals surface area contributed by atoms with Gasteiger partial charge in [-0.25, -0.2) is 0 Å². The van der Waals surface area contributed by atoms with Crippen LogP contribution in [-0.2, 0) is 11.3 Å². The number of aryl methyl sites for hydroxylation is 1. The van der Waals surface area contributed by atoms with Gasteiger partial charge in [-0.05, 0) is 66.6 Å². The van der Waals surface area contributed by atoms with E-state index in [1.54, 1.807) is 18.2 Å². The first-order valence-electron chi connectivity index (χ1n) is 10.7. The first kappa shape index (κ1) is 22.0. The van der Waals surface area contributed by atoms with E-state index in [9.17, 15) is 9.59 Å². The molecule has 2 heterocycles. The molecule has 1 saturated heterocycles. The van der Waals surface area contributed by atoms with Crippen molar-refractivity contribution in [3.05, 3.63) is 81.5 Å². The fourth-order valence-corrected chi connectivity index (χ4v) is 4.10. The van der Waals surface area contributed by atoms with Crippen LogP contribution in [0, 0.1) is 6.92 Å². The van der Waals surface area contributed by atoms with Crippen molar-refractivity contribution in [2.75, 3.05) is 18.5 Å². The van der Waals surface area contributed by atoms with Crippen molar-refractivity contribution in [1.82, 2.24) is 5.32 Å². The summed E-state index contributed by atoms with van der Waals surface area (Å²) < 4.78 is 11.6. The van der Waals surface area contributed by atoms with Crippen LogP contribution < -0.4 is 15.4 Å². The van der Waals surface area contributed by atoms with E-state index in [-0.39, 0.29) is 17.9 Å². The molecular weight excluding hydrogens is 424 g/mol. The monoisotopic (exact) mass is 450 g/mol. The summed E-state index contributed by atoms with van der Waals surface area (Å²) in [6, 6.07) is 16.5. The number of ether oxygens (including phenoxy) is 2. The van der Waals surface area contributed by atoms with Crippen molar-refractivity contribution < 1.29 is 19.1 Å². The van der Waals surface area contributed by atoms with Crippen LogP contribution in [0.1, 0.15) is 44.0 Å². The third kappa shape index (κ3) is 5.75. The highest BCUT2D eigenvalue weighted by atomic mass is 32.1. The summed E-state index contributed by atoms with van der Waals surface area (Å²) in [4.78, 5) is 25.5. The van der Waals surface area contributed by atoms with Crippen LogP contribution in [0.5, 0.6) is 5.75 Å². The Balaban J connectivity index is 1.35. The maximum absolute atomic E-state index is 12.8. The van der Waals surface area contributed by atoms with E-state index in [1.165, 1.54) is 11.3 Å². The Hall–Kier alpha value is -3.16. The predicted molar refractivity (Wildman–Crippen MR) is 126 cm³/mol. The minimum atomic E-state index is -0.218. The Morgan fingerprint density at radius 2 is 1.97 bits per heavy atom. The van der Waals surface area contributed by atoms with Crippen molar-refractivity contribution in [2.45, 2.75) is 32.4 Å². The Labute approximate surface area is 191 Å². The third-order valence-corrected chi connectivity index (χ3v) is 6.12. The van der Waals surface area contributed by atoms with E-state index in [0.717, 1.165) is 30.6 Å². The number of carbonyl (C=O) groups is 2. The molecule has 1 atom stereocenters. The summed E-state index contributed by atoms with van der Waals surface area (Å²) in [5.41, 5.74) is 3.14. The SMILES string of the molecule is Cc1ccc(NC(=O)c2ccc(CNC(=O)c3cccs3)cc2)c(OCC2CCCO2)c1. The molecule has 2 aromatic carbocycles. The van der Waals surface area contributed by atoms with E-state index in [4.69, 9.17) is 9.47 Å². The second-order valence-electron chi connectivity index (χ2n) is 7.76. The molecule has 1 aromatic heterocycles. The molecular formula is C25H26N2O4S. The molecule has 0 saturated carbocycles. The summed E-state index contributed by atoms with van der Waals surface area (Å²) in [7, 11) is 0. The molecule has 0 bridgehead atoms. The van der Waals surface area contributed by atoms with Gasteiger partial charge in [0.25, 0.3) is 11.8 Å². The molecule has 1 fully saturated rings. The lowest BCUT2D eigenvalue weighted by molar-refractivity contribution is 0.0681. The van der Waals surface area contributed by atoms with E-state index in [1.807, 2.05) is 48.7 Å².